The van der Waals surface area contributed by atoms with Crippen LogP contribution in [0.5, 0.6) is 0 Å². The Morgan fingerprint density at radius 1 is 1.36 bits per heavy atom. The van der Waals surface area contributed by atoms with Gasteiger partial charge in [0.25, 0.3) is 0 Å². The first-order valence-electron chi connectivity index (χ1n) is 6.05. The maximum atomic E-state index is 3.85. The van der Waals surface area contributed by atoms with E-state index < -0.39 is 0 Å². The van der Waals surface area contributed by atoms with Gasteiger partial charge in [0.2, 0.25) is 0 Å². The summed E-state index contributed by atoms with van der Waals surface area (Å²) in [6, 6.07) is 0. The highest BCUT2D eigenvalue weighted by Gasteiger charge is 2.25. The van der Waals surface area contributed by atoms with Crippen molar-refractivity contribution in [3.63, 3.8) is 0 Å². The average Bonchev–Trinajstić information content (AvgIpc) is 2.53. The van der Waals surface area contributed by atoms with Crippen LogP contribution in [0.15, 0.2) is 12.7 Å². The van der Waals surface area contributed by atoms with Crippen molar-refractivity contribution in [3.8, 4) is 0 Å². The molecule has 0 amide bonds. The Labute approximate surface area is 89.0 Å². The second-order valence-electron chi connectivity index (χ2n) is 5.03. The molecule has 0 spiro atoms. The maximum Gasteiger partial charge on any atom is -0.00176 e. The van der Waals surface area contributed by atoms with Crippen molar-refractivity contribution in [3.05, 3.63) is 12.7 Å². The van der Waals surface area contributed by atoms with Gasteiger partial charge in [-0.1, -0.05) is 26.3 Å². The van der Waals surface area contributed by atoms with Crippen molar-refractivity contribution in [2.45, 2.75) is 39.5 Å². The first-order valence-corrected chi connectivity index (χ1v) is 6.05. The molecule has 0 heterocycles. The normalized spacial score (nSPS) is 27.1. The van der Waals surface area contributed by atoms with E-state index in [1.165, 1.54) is 32.2 Å². The molecule has 1 N–H and O–H groups in total. The molecule has 1 fully saturated rings. The van der Waals surface area contributed by atoms with Gasteiger partial charge in [0, 0.05) is 0 Å². The van der Waals surface area contributed by atoms with E-state index in [4.69, 9.17) is 0 Å². The third-order valence-corrected chi connectivity index (χ3v) is 3.25. The van der Waals surface area contributed by atoms with Gasteiger partial charge >= 0.3 is 0 Å². The summed E-state index contributed by atoms with van der Waals surface area (Å²) >= 11 is 0. The Kier molecular flexibility index (Phi) is 5.24. The van der Waals surface area contributed by atoms with Crippen LogP contribution in [0.4, 0.5) is 0 Å². The molecule has 0 saturated heterocycles. The number of allylic oxidation sites excluding steroid dienone is 1. The van der Waals surface area contributed by atoms with Crippen LogP contribution in [-0.2, 0) is 0 Å². The molecular weight excluding hydrogens is 170 g/mol. The SMILES string of the molecule is C=CCC1CCCC1CNCC(C)C. The fourth-order valence-corrected chi connectivity index (χ4v) is 2.46. The molecule has 1 aliphatic carbocycles. The van der Waals surface area contributed by atoms with Gasteiger partial charge in [-0.15, -0.1) is 6.58 Å². The zero-order chi connectivity index (χ0) is 10.4. The quantitative estimate of drug-likeness (QED) is 0.642. The zero-order valence-corrected chi connectivity index (χ0v) is 9.76. The van der Waals surface area contributed by atoms with Crippen LogP contribution in [0, 0.1) is 17.8 Å². The summed E-state index contributed by atoms with van der Waals surface area (Å²) in [6.45, 7) is 10.8. The lowest BCUT2D eigenvalue weighted by Crippen LogP contribution is -2.28. The van der Waals surface area contributed by atoms with E-state index in [1.54, 1.807) is 0 Å². The minimum absolute atomic E-state index is 0.772. The van der Waals surface area contributed by atoms with Crippen molar-refractivity contribution in [1.82, 2.24) is 5.32 Å². The summed E-state index contributed by atoms with van der Waals surface area (Å²) in [7, 11) is 0. The van der Waals surface area contributed by atoms with Crippen LogP contribution in [0.2, 0.25) is 0 Å². The molecule has 1 aliphatic rings. The van der Waals surface area contributed by atoms with Gasteiger partial charge in [0.05, 0.1) is 0 Å². The Morgan fingerprint density at radius 3 is 2.71 bits per heavy atom. The van der Waals surface area contributed by atoms with Gasteiger partial charge in [-0.2, -0.15) is 0 Å². The fraction of sp³-hybridized carbons (Fsp3) is 0.846. The average molecular weight is 195 g/mol. The van der Waals surface area contributed by atoms with Gasteiger partial charge in [-0.25, -0.2) is 0 Å². The molecular formula is C13H25N. The molecule has 0 aromatic carbocycles. The van der Waals surface area contributed by atoms with Crippen LogP contribution >= 0.6 is 0 Å². The topological polar surface area (TPSA) is 12.0 Å². The lowest BCUT2D eigenvalue weighted by molar-refractivity contribution is 0.361. The predicted molar refractivity (Wildman–Crippen MR) is 63.4 cm³/mol. The highest BCUT2D eigenvalue weighted by atomic mass is 14.9. The second-order valence-corrected chi connectivity index (χ2v) is 5.03. The van der Waals surface area contributed by atoms with Crippen LogP contribution in [0.3, 0.4) is 0 Å². The standard InChI is InChI=1S/C13H25N/c1-4-6-12-7-5-8-13(12)10-14-9-11(2)3/h4,11-14H,1,5-10H2,2-3H3. The lowest BCUT2D eigenvalue weighted by Gasteiger charge is -2.19. The van der Waals surface area contributed by atoms with Crippen molar-refractivity contribution in [1.29, 1.82) is 0 Å². The fourth-order valence-electron chi connectivity index (χ4n) is 2.46. The van der Waals surface area contributed by atoms with E-state index in [9.17, 15) is 0 Å². The van der Waals surface area contributed by atoms with E-state index in [0.717, 1.165) is 24.3 Å². The van der Waals surface area contributed by atoms with Crippen molar-refractivity contribution in [2.75, 3.05) is 13.1 Å². The summed E-state index contributed by atoms with van der Waals surface area (Å²) < 4.78 is 0. The zero-order valence-electron chi connectivity index (χ0n) is 9.76. The van der Waals surface area contributed by atoms with E-state index in [0.29, 0.717) is 0 Å². The Hall–Kier alpha value is -0.300. The maximum absolute atomic E-state index is 3.85. The summed E-state index contributed by atoms with van der Waals surface area (Å²) in [6.07, 6.45) is 7.57. The molecule has 14 heavy (non-hydrogen) atoms. The first kappa shape index (κ1) is 11.8. The molecule has 1 nitrogen and oxygen atoms in total. The van der Waals surface area contributed by atoms with E-state index in [2.05, 4.69) is 31.8 Å². The van der Waals surface area contributed by atoms with Gasteiger partial charge in [-0.05, 0) is 50.1 Å². The number of nitrogens with one attached hydrogen (secondary N) is 1. The highest BCUT2D eigenvalue weighted by Crippen LogP contribution is 2.33. The highest BCUT2D eigenvalue weighted by molar-refractivity contribution is 4.84. The molecule has 0 aromatic rings. The molecule has 1 heteroatoms. The van der Waals surface area contributed by atoms with Gasteiger partial charge in [0.15, 0.2) is 0 Å². The smallest absolute Gasteiger partial charge is 0.00176 e. The molecule has 2 unspecified atom stereocenters. The van der Waals surface area contributed by atoms with Gasteiger partial charge in [0.1, 0.15) is 0 Å². The van der Waals surface area contributed by atoms with Crippen LogP contribution in [0.25, 0.3) is 0 Å². The van der Waals surface area contributed by atoms with Gasteiger partial charge < -0.3 is 5.32 Å². The third-order valence-electron chi connectivity index (χ3n) is 3.25. The molecule has 1 rings (SSSR count). The lowest BCUT2D eigenvalue weighted by atomic mass is 9.93. The molecule has 0 aromatic heterocycles. The third kappa shape index (κ3) is 3.83. The number of hydrogen-bond donors (Lipinski definition) is 1. The number of hydrogen-bond acceptors (Lipinski definition) is 1. The van der Waals surface area contributed by atoms with Crippen molar-refractivity contribution >= 4 is 0 Å². The first-order chi connectivity index (χ1) is 6.74. The summed E-state index contributed by atoms with van der Waals surface area (Å²) in [4.78, 5) is 0. The summed E-state index contributed by atoms with van der Waals surface area (Å²) in [5.41, 5.74) is 0. The van der Waals surface area contributed by atoms with E-state index in [1.807, 2.05) is 0 Å². The predicted octanol–water partition coefficient (Wildman–Crippen LogP) is 3.22. The van der Waals surface area contributed by atoms with Crippen molar-refractivity contribution in [2.24, 2.45) is 17.8 Å². The molecule has 1 saturated carbocycles. The largest absolute Gasteiger partial charge is 0.316 e. The van der Waals surface area contributed by atoms with E-state index >= 15 is 0 Å². The minimum atomic E-state index is 0.772. The van der Waals surface area contributed by atoms with Gasteiger partial charge in [-0.3, -0.25) is 0 Å². The summed E-state index contributed by atoms with van der Waals surface area (Å²) in [5.74, 6) is 2.59. The van der Waals surface area contributed by atoms with E-state index in [-0.39, 0.29) is 0 Å². The molecule has 82 valence electrons. The molecule has 0 aliphatic heterocycles. The van der Waals surface area contributed by atoms with Crippen LogP contribution in [-0.4, -0.2) is 13.1 Å². The molecule has 2 atom stereocenters. The summed E-state index contributed by atoms with van der Waals surface area (Å²) in [5, 5.41) is 3.58. The molecule has 0 radical (unpaired) electrons. The van der Waals surface area contributed by atoms with Crippen LogP contribution in [0.1, 0.15) is 39.5 Å². The second kappa shape index (κ2) is 6.23. The van der Waals surface area contributed by atoms with Crippen LogP contribution < -0.4 is 5.32 Å². The van der Waals surface area contributed by atoms with Crippen molar-refractivity contribution < 1.29 is 0 Å². The number of rotatable bonds is 6. The molecule has 0 bridgehead atoms. The minimum Gasteiger partial charge on any atom is -0.316 e. The Balaban J connectivity index is 2.18. The Bertz CT molecular complexity index is 163. The Morgan fingerprint density at radius 2 is 2.07 bits per heavy atom. The monoisotopic (exact) mass is 195 g/mol.